The highest BCUT2D eigenvalue weighted by Gasteiger charge is 2.59. The Morgan fingerprint density at radius 1 is 1.62 bits per heavy atom. The van der Waals surface area contributed by atoms with Crippen LogP contribution in [0.2, 0.25) is 0 Å². The second kappa shape index (κ2) is 3.55. The van der Waals surface area contributed by atoms with E-state index in [1.165, 1.54) is 0 Å². The Morgan fingerprint density at radius 3 is 2.62 bits per heavy atom. The van der Waals surface area contributed by atoms with E-state index in [0.717, 1.165) is 0 Å². The molecular formula is C8H17NO3S. The van der Waals surface area contributed by atoms with Gasteiger partial charge in [-0.3, -0.25) is 0 Å². The first-order valence-corrected chi connectivity index (χ1v) is 6.14. The molecule has 0 bridgehead atoms. The lowest BCUT2D eigenvalue weighted by Gasteiger charge is -2.12. The van der Waals surface area contributed by atoms with Crippen molar-refractivity contribution in [3.05, 3.63) is 0 Å². The van der Waals surface area contributed by atoms with Gasteiger partial charge in [0.2, 0.25) is 0 Å². The lowest BCUT2D eigenvalue weighted by molar-refractivity contribution is 0.145. The predicted molar refractivity (Wildman–Crippen MR) is 51.2 cm³/mol. The highest BCUT2D eigenvalue weighted by Crippen LogP contribution is 2.50. The van der Waals surface area contributed by atoms with E-state index in [4.69, 9.17) is 10.5 Å². The monoisotopic (exact) mass is 207 g/mol. The lowest BCUT2D eigenvalue weighted by Crippen LogP contribution is -2.28. The van der Waals surface area contributed by atoms with Crippen LogP contribution >= 0.6 is 0 Å². The van der Waals surface area contributed by atoms with Crippen LogP contribution in [0.25, 0.3) is 0 Å². The van der Waals surface area contributed by atoms with Crippen molar-refractivity contribution in [2.75, 3.05) is 26.0 Å². The molecule has 0 unspecified atom stereocenters. The summed E-state index contributed by atoms with van der Waals surface area (Å²) in [5, 5.41) is -0.269. The molecule has 78 valence electrons. The molecule has 1 rings (SSSR count). The van der Waals surface area contributed by atoms with Crippen LogP contribution in [0.3, 0.4) is 0 Å². The van der Waals surface area contributed by atoms with Gasteiger partial charge in [-0.25, -0.2) is 8.42 Å². The average Bonchev–Trinajstić information content (AvgIpc) is 2.82. The molecule has 0 aromatic rings. The van der Waals surface area contributed by atoms with Gasteiger partial charge in [-0.2, -0.15) is 0 Å². The van der Waals surface area contributed by atoms with Crippen LogP contribution in [-0.4, -0.2) is 39.7 Å². The van der Waals surface area contributed by atoms with Gasteiger partial charge >= 0.3 is 0 Å². The number of methoxy groups -OCH3 is 1. The third-order valence-electron chi connectivity index (χ3n) is 2.79. The number of hydrogen-bond acceptors (Lipinski definition) is 4. The van der Waals surface area contributed by atoms with Crippen LogP contribution in [-0.2, 0) is 14.6 Å². The third-order valence-corrected chi connectivity index (χ3v) is 5.13. The summed E-state index contributed by atoms with van der Waals surface area (Å²) in [6.45, 7) is 2.51. The van der Waals surface area contributed by atoms with E-state index < -0.39 is 9.84 Å². The zero-order chi connectivity index (χ0) is 10.1. The van der Waals surface area contributed by atoms with E-state index in [2.05, 4.69) is 0 Å². The first-order chi connectivity index (χ1) is 6.02. The van der Waals surface area contributed by atoms with Crippen LogP contribution < -0.4 is 5.73 Å². The van der Waals surface area contributed by atoms with E-state index in [-0.39, 0.29) is 16.4 Å². The van der Waals surface area contributed by atoms with Gasteiger partial charge in [-0.15, -0.1) is 0 Å². The Morgan fingerprint density at radius 2 is 2.23 bits per heavy atom. The fourth-order valence-electron chi connectivity index (χ4n) is 1.73. The van der Waals surface area contributed by atoms with Crippen molar-refractivity contribution in [3.8, 4) is 0 Å². The van der Waals surface area contributed by atoms with Crippen molar-refractivity contribution in [2.45, 2.75) is 18.6 Å². The fourth-order valence-corrected chi connectivity index (χ4v) is 3.65. The zero-order valence-corrected chi connectivity index (χ0v) is 8.93. The summed E-state index contributed by atoms with van der Waals surface area (Å²) in [4.78, 5) is 0. The second-order valence-electron chi connectivity index (χ2n) is 3.64. The third kappa shape index (κ3) is 1.87. The molecule has 1 aliphatic carbocycles. The molecule has 2 atom stereocenters. The van der Waals surface area contributed by atoms with Crippen molar-refractivity contribution in [2.24, 2.45) is 11.1 Å². The SMILES string of the molecule is CCS(=O)(=O)[C@H]1C[C@]1(CN)COC. The molecule has 0 amide bonds. The Labute approximate surface area is 79.4 Å². The van der Waals surface area contributed by atoms with Gasteiger partial charge in [0.25, 0.3) is 0 Å². The van der Waals surface area contributed by atoms with Crippen molar-refractivity contribution >= 4 is 9.84 Å². The molecule has 0 radical (unpaired) electrons. The first kappa shape index (κ1) is 10.9. The summed E-state index contributed by atoms with van der Waals surface area (Å²) in [6.07, 6.45) is 0.660. The van der Waals surface area contributed by atoms with Crippen molar-refractivity contribution < 1.29 is 13.2 Å². The Hall–Kier alpha value is -0.130. The molecule has 0 heterocycles. The number of ether oxygens (including phenoxy) is 1. The van der Waals surface area contributed by atoms with E-state index >= 15 is 0 Å². The summed E-state index contributed by atoms with van der Waals surface area (Å²) < 4.78 is 28.0. The van der Waals surface area contributed by atoms with E-state index in [0.29, 0.717) is 19.6 Å². The minimum atomic E-state index is -2.93. The van der Waals surface area contributed by atoms with E-state index in [1.807, 2.05) is 0 Å². The van der Waals surface area contributed by atoms with Crippen LogP contribution in [0.4, 0.5) is 0 Å². The highest BCUT2D eigenvalue weighted by molar-refractivity contribution is 7.92. The van der Waals surface area contributed by atoms with Gasteiger partial charge in [0.1, 0.15) is 0 Å². The molecule has 5 heteroatoms. The largest absolute Gasteiger partial charge is 0.384 e. The molecule has 0 saturated heterocycles. The van der Waals surface area contributed by atoms with Crippen molar-refractivity contribution in [3.63, 3.8) is 0 Å². The minimum Gasteiger partial charge on any atom is -0.384 e. The summed E-state index contributed by atoms with van der Waals surface area (Å²) in [5.74, 6) is 0.198. The summed E-state index contributed by atoms with van der Waals surface area (Å²) in [7, 11) is -1.35. The molecule has 13 heavy (non-hydrogen) atoms. The maximum absolute atomic E-state index is 11.5. The molecule has 0 aromatic heterocycles. The normalized spacial score (nSPS) is 33.3. The van der Waals surface area contributed by atoms with E-state index in [1.54, 1.807) is 14.0 Å². The molecule has 0 aromatic carbocycles. The standard InChI is InChI=1S/C8H17NO3S/c1-3-13(10,11)7-4-8(7,5-9)6-12-2/h7H,3-6,9H2,1-2H3/t7-,8-/m0/s1. The van der Waals surface area contributed by atoms with Crippen LogP contribution in [0.15, 0.2) is 0 Å². The van der Waals surface area contributed by atoms with E-state index in [9.17, 15) is 8.42 Å². The topological polar surface area (TPSA) is 69.4 Å². The maximum Gasteiger partial charge on any atom is 0.153 e. The van der Waals surface area contributed by atoms with Crippen LogP contribution in [0.5, 0.6) is 0 Å². The van der Waals surface area contributed by atoms with Gasteiger partial charge < -0.3 is 10.5 Å². The van der Waals surface area contributed by atoms with Gasteiger partial charge in [-0.1, -0.05) is 6.92 Å². The highest BCUT2D eigenvalue weighted by atomic mass is 32.2. The number of nitrogens with two attached hydrogens (primary N) is 1. The Bertz CT molecular complexity index is 275. The van der Waals surface area contributed by atoms with Gasteiger partial charge in [0, 0.05) is 24.8 Å². The smallest absolute Gasteiger partial charge is 0.153 e. The van der Waals surface area contributed by atoms with Gasteiger partial charge in [0.15, 0.2) is 9.84 Å². The number of sulfone groups is 1. The molecule has 0 spiro atoms. The number of rotatable bonds is 5. The lowest BCUT2D eigenvalue weighted by atomic mass is 10.1. The van der Waals surface area contributed by atoms with Crippen molar-refractivity contribution in [1.82, 2.24) is 0 Å². The van der Waals surface area contributed by atoms with Crippen LogP contribution in [0, 0.1) is 5.41 Å². The Balaban J connectivity index is 2.70. The quantitative estimate of drug-likeness (QED) is 0.677. The molecule has 1 fully saturated rings. The van der Waals surface area contributed by atoms with Crippen LogP contribution in [0.1, 0.15) is 13.3 Å². The minimum absolute atomic E-state index is 0.198. The Kier molecular flexibility index (Phi) is 2.99. The predicted octanol–water partition coefficient (Wildman–Crippen LogP) is -0.215. The fraction of sp³-hybridized carbons (Fsp3) is 1.00. The molecule has 2 N–H and O–H groups in total. The second-order valence-corrected chi connectivity index (χ2v) is 6.12. The van der Waals surface area contributed by atoms with Gasteiger partial charge in [-0.05, 0) is 6.42 Å². The molecular weight excluding hydrogens is 190 g/mol. The first-order valence-electron chi connectivity index (χ1n) is 4.43. The van der Waals surface area contributed by atoms with Gasteiger partial charge in [0.05, 0.1) is 11.9 Å². The summed E-state index contributed by atoms with van der Waals surface area (Å²) in [5.41, 5.74) is 5.26. The van der Waals surface area contributed by atoms with Crippen molar-refractivity contribution in [1.29, 1.82) is 0 Å². The molecule has 1 saturated carbocycles. The summed E-state index contributed by atoms with van der Waals surface area (Å²) >= 11 is 0. The average molecular weight is 207 g/mol. The summed E-state index contributed by atoms with van der Waals surface area (Å²) in [6, 6.07) is 0. The molecule has 1 aliphatic rings. The zero-order valence-electron chi connectivity index (χ0n) is 8.12. The number of hydrogen-bond donors (Lipinski definition) is 1. The molecule has 4 nitrogen and oxygen atoms in total. The molecule has 0 aliphatic heterocycles. The maximum atomic E-state index is 11.5.